The summed E-state index contributed by atoms with van der Waals surface area (Å²) >= 11 is 0. The molecule has 0 aromatic heterocycles. The summed E-state index contributed by atoms with van der Waals surface area (Å²) in [6, 6.07) is 2.15. The van der Waals surface area contributed by atoms with Crippen molar-refractivity contribution in [2.75, 3.05) is 0 Å². The summed E-state index contributed by atoms with van der Waals surface area (Å²) < 4.78 is 51.2. The lowest BCUT2D eigenvalue weighted by Crippen LogP contribution is -2.16. The molecule has 4 nitrogen and oxygen atoms in total. The van der Waals surface area contributed by atoms with Crippen LogP contribution in [0.4, 0.5) is 8.78 Å². The highest BCUT2D eigenvalue weighted by atomic mass is 32.2. The SMILES string of the molecule is Cc1cc(F)c(COS(N)(=O)=O)c(F)c1. The molecule has 0 saturated heterocycles. The minimum absolute atomic E-state index is 0.393. The van der Waals surface area contributed by atoms with Crippen molar-refractivity contribution in [2.45, 2.75) is 13.5 Å². The third-order valence-corrected chi connectivity index (χ3v) is 2.10. The van der Waals surface area contributed by atoms with Gasteiger partial charge in [0.1, 0.15) is 11.6 Å². The van der Waals surface area contributed by atoms with E-state index in [9.17, 15) is 17.2 Å². The number of hydrogen-bond acceptors (Lipinski definition) is 3. The van der Waals surface area contributed by atoms with Crippen LogP contribution < -0.4 is 5.14 Å². The first-order valence-electron chi connectivity index (χ1n) is 3.91. The van der Waals surface area contributed by atoms with E-state index in [4.69, 9.17) is 0 Å². The molecule has 7 heteroatoms. The van der Waals surface area contributed by atoms with E-state index in [-0.39, 0.29) is 0 Å². The molecular formula is C8H9F2NO3S. The normalized spacial score (nSPS) is 11.7. The highest BCUT2D eigenvalue weighted by molar-refractivity contribution is 7.84. The molecule has 1 aromatic carbocycles. The van der Waals surface area contributed by atoms with Gasteiger partial charge in [0.25, 0.3) is 0 Å². The molecule has 0 heterocycles. The zero-order valence-electron chi connectivity index (χ0n) is 7.83. The first kappa shape index (κ1) is 12.0. The number of nitrogens with two attached hydrogens (primary N) is 1. The molecule has 0 saturated carbocycles. The van der Waals surface area contributed by atoms with E-state index in [0.29, 0.717) is 5.56 Å². The van der Waals surface area contributed by atoms with Crippen LogP contribution in [0, 0.1) is 18.6 Å². The quantitative estimate of drug-likeness (QED) is 0.852. The third-order valence-electron chi connectivity index (χ3n) is 1.65. The van der Waals surface area contributed by atoms with Crippen molar-refractivity contribution >= 4 is 10.3 Å². The van der Waals surface area contributed by atoms with Crippen molar-refractivity contribution in [1.82, 2.24) is 0 Å². The Morgan fingerprint density at radius 1 is 1.33 bits per heavy atom. The monoisotopic (exact) mass is 237 g/mol. The van der Waals surface area contributed by atoms with E-state index < -0.39 is 34.1 Å². The maximum absolute atomic E-state index is 13.1. The van der Waals surface area contributed by atoms with Gasteiger partial charge in [0.05, 0.1) is 12.2 Å². The molecule has 0 atom stereocenters. The molecule has 0 aliphatic rings. The zero-order valence-corrected chi connectivity index (χ0v) is 8.64. The molecule has 0 amide bonds. The molecule has 0 unspecified atom stereocenters. The second-order valence-electron chi connectivity index (χ2n) is 2.96. The van der Waals surface area contributed by atoms with Crippen LogP contribution in [-0.4, -0.2) is 8.42 Å². The Labute approximate surface area is 85.9 Å². The fourth-order valence-electron chi connectivity index (χ4n) is 1.01. The first-order chi connectivity index (χ1) is 6.79. The van der Waals surface area contributed by atoms with Crippen molar-refractivity contribution in [1.29, 1.82) is 0 Å². The average molecular weight is 237 g/mol. The van der Waals surface area contributed by atoms with Gasteiger partial charge in [0, 0.05) is 0 Å². The molecule has 15 heavy (non-hydrogen) atoms. The lowest BCUT2D eigenvalue weighted by molar-refractivity contribution is 0.296. The Balaban J connectivity index is 2.96. The summed E-state index contributed by atoms with van der Waals surface area (Å²) in [5, 5.41) is 4.52. The van der Waals surface area contributed by atoms with Gasteiger partial charge in [-0.15, -0.1) is 0 Å². The minimum atomic E-state index is -4.20. The summed E-state index contributed by atoms with van der Waals surface area (Å²) in [5.41, 5.74) is -0.0704. The Morgan fingerprint density at radius 2 is 1.80 bits per heavy atom. The molecule has 0 bridgehead atoms. The predicted molar refractivity (Wildman–Crippen MR) is 49.0 cm³/mol. The fourth-order valence-corrected chi connectivity index (χ4v) is 1.29. The highest BCUT2D eigenvalue weighted by Gasteiger charge is 2.12. The second-order valence-corrected chi connectivity index (χ2v) is 4.18. The maximum Gasteiger partial charge on any atom is 0.333 e. The van der Waals surface area contributed by atoms with Gasteiger partial charge in [0.2, 0.25) is 0 Å². The number of rotatable bonds is 3. The van der Waals surface area contributed by atoms with Crippen LogP contribution in [0.15, 0.2) is 12.1 Å². The molecule has 0 aliphatic carbocycles. The van der Waals surface area contributed by atoms with Crippen LogP contribution in [0.2, 0.25) is 0 Å². The average Bonchev–Trinajstić information content (AvgIpc) is 1.99. The van der Waals surface area contributed by atoms with Crippen LogP contribution in [0.1, 0.15) is 11.1 Å². The molecule has 84 valence electrons. The molecule has 1 aromatic rings. The molecule has 0 spiro atoms. The van der Waals surface area contributed by atoms with Gasteiger partial charge < -0.3 is 0 Å². The third kappa shape index (κ3) is 3.54. The van der Waals surface area contributed by atoms with Crippen LogP contribution in [0.25, 0.3) is 0 Å². The van der Waals surface area contributed by atoms with Crippen molar-refractivity contribution < 1.29 is 21.4 Å². The van der Waals surface area contributed by atoms with Crippen LogP contribution in [0.5, 0.6) is 0 Å². The van der Waals surface area contributed by atoms with Gasteiger partial charge >= 0.3 is 10.3 Å². The topological polar surface area (TPSA) is 69.4 Å². The zero-order chi connectivity index (χ0) is 11.6. The van der Waals surface area contributed by atoms with Gasteiger partial charge in [-0.1, -0.05) is 0 Å². The summed E-state index contributed by atoms with van der Waals surface area (Å²) in [5.74, 6) is -1.73. The standard InChI is InChI=1S/C8H9F2NO3S/c1-5-2-7(9)6(8(10)3-5)4-14-15(11,12)13/h2-3H,4H2,1H3,(H2,11,12,13). The lowest BCUT2D eigenvalue weighted by Gasteiger charge is -2.05. The summed E-state index contributed by atoms with van der Waals surface area (Å²) in [6.07, 6.45) is 0. The van der Waals surface area contributed by atoms with Crippen molar-refractivity contribution in [3.63, 3.8) is 0 Å². The van der Waals surface area contributed by atoms with E-state index in [0.717, 1.165) is 12.1 Å². The molecule has 0 radical (unpaired) electrons. The van der Waals surface area contributed by atoms with E-state index in [1.807, 2.05) is 0 Å². The van der Waals surface area contributed by atoms with Gasteiger partial charge in [-0.05, 0) is 24.6 Å². The molecule has 1 rings (SSSR count). The summed E-state index contributed by atoms with van der Waals surface area (Å²) in [4.78, 5) is 0. The minimum Gasteiger partial charge on any atom is -0.253 e. The van der Waals surface area contributed by atoms with Gasteiger partial charge in [-0.2, -0.15) is 8.42 Å². The largest absolute Gasteiger partial charge is 0.333 e. The number of aryl methyl sites for hydroxylation is 1. The molecule has 0 aliphatic heterocycles. The molecular weight excluding hydrogens is 228 g/mol. The van der Waals surface area contributed by atoms with Crippen LogP contribution in [-0.2, 0) is 21.1 Å². The van der Waals surface area contributed by atoms with Gasteiger partial charge in [0.15, 0.2) is 0 Å². The molecule has 2 N–H and O–H groups in total. The van der Waals surface area contributed by atoms with E-state index >= 15 is 0 Å². The Morgan fingerprint density at radius 3 is 2.20 bits per heavy atom. The first-order valence-corrected chi connectivity index (χ1v) is 5.38. The van der Waals surface area contributed by atoms with Crippen LogP contribution in [0.3, 0.4) is 0 Å². The Bertz CT molecular complexity index is 450. The van der Waals surface area contributed by atoms with E-state index in [2.05, 4.69) is 9.32 Å². The van der Waals surface area contributed by atoms with E-state index in [1.165, 1.54) is 6.92 Å². The summed E-state index contributed by atoms with van der Waals surface area (Å²) in [6.45, 7) is 0.757. The predicted octanol–water partition coefficient (Wildman–Crippen LogP) is 0.993. The summed E-state index contributed by atoms with van der Waals surface area (Å²) in [7, 11) is -4.20. The smallest absolute Gasteiger partial charge is 0.253 e. The Hall–Kier alpha value is -1.05. The van der Waals surface area contributed by atoms with Crippen LogP contribution >= 0.6 is 0 Å². The number of halogens is 2. The van der Waals surface area contributed by atoms with Gasteiger partial charge in [-0.3, -0.25) is 4.18 Å². The highest BCUT2D eigenvalue weighted by Crippen LogP contribution is 2.16. The molecule has 0 fully saturated rings. The fraction of sp³-hybridized carbons (Fsp3) is 0.250. The van der Waals surface area contributed by atoms with Gasteiger partial charge in [-0.25, -0.2) is 13.9 Å². The second kappa shape index (κ2) is 4.21. The van der Waals surface area contributed by atoms with Crippen molar-refractivity contribution in [2.24, 2.45) is 5.14 Å². The van der Waals surface area contributed by atoms with Crippen molar-refractivity contribution in [3.05, 3.63) is 34.9 Å². The number of benzene rings is 1. The lowest BCUT2D eigenvalue weighted by atomic mass is 10.1. The Kier molecular flexibility index (Phi) is 3.38. The number of hydrogen-bond donors (Lipinski definition) is 1. The maximum atomic E-state index is 13.1. The van der Waals surface area contributed by atoms with E-state index in [1.54, 1.807) is 0 Å². The van der Waals surface area contributed by atoms with Crippen molar-refractivity contribution in [3.8, 4) is 0 Å².